The molecule has 2 atom stereocenters. The minimum absolute atomic E-state index is 0.355. The lowest BCUT2D eigenvalue weighted by Crippen LogP contribution is -2.34. The summed E-state index contributed by atoms with van der Waals surface area (Å²) in [6.45, 7) is 5.62. The number of ether oxygens (including phenoxy) is 2. The van der Waals surface area contributed by atoms with Gasteiger partial charge in [0.1, 0.15) is 6.79 Å². The van der Waals surface area contributed by atoms with Crippen molar-refractivity contribution in [2.24, 2.45) is 0 Å². The van der Waals surface area contributed by atoms with Crippen molar-refractivity contribution in [1.29, 1.82) is 0 Å². The van der Waals surface area contributed by atoms with Crippen LogP contribution in [0.2, 0.25) is 0 Å². The van der Waals surface area contributed by atoms with E-state index in [0.29, 0.717) is 12.9 Å². The van der Waals surface area contributed by atoms with Crippen molar-refractivity contribution in [3.05, 3.63) is 0 Å². The summed E-state index contributed by atoms with van der Waals surface area (Å²) in [6.07, 6.45) is 4.76. The molecule has 0 amide bonds. The third kappa shape index (κ3) is 5.20. The molecule has 84 valence electrons. The van der Waals surface area contributed by atoms with Crippen LogP contribution in [0.15, 0.2) is 0 Å². The maximum atomic E-state index is 5.42. The van der Waals surface area contributed by atoms with Crippen LogP contribution in [0.5, 0.6) is 0 Å². The van der Waals surface area contributed by atoms with Gasteiger partial charge < -0.3 is 14.8 Å². The van der Waals surface area contributed by atoms with Crippen molar-refractivity contribution in [1.82, 2.24) is 5.32 Å². The van der Waals surface area contributed by atoms with E-state index < -0.39 is 0 Å². The van der Waals surface area contributed by atoms with Crippen LogP contribution >= 0.6 is 11.8 Å². The van der Waals surface area contributed by atoms with Gasteiger partial charge in [0.2, 0.25) is 0 Å². The highest BCUT2D eigenvalue weighted by Crippen LogP contribution is 2.08. The summed E-state index contributed by atoms with van der Waals surface area (Å²) in [7, 11) is 0. The van der Waals surface area contributed by atoms with Crippen molar-refractivity contribution in [3.63, 3.8) is 0 Å². The fourth-order valence-electron chi connectivity index (χ4n) is 1.35. The van der Waals surface area contributed by atoms with Crippen LogP contribution < -0.4 is 5.32 Å². The largest absolute Gasteiger partial charge is 0.355 e. The lowest BCUT2D eigenvalue weighted by molar-refractivity contribution is -0.137. The van der Waals surface area contributed by atoms with E-state index in [-0.39, 0.29) is 0 Å². The van der Waals surface area contributed by atoms with Crippen LogP contribution in [-0.2, 0) is 9.47 Å². The highest BCUT2D eigenvalue weighted by molar-refractivity contribution is 7.99. The third-order valence-corrected chi connectivity index (χ3v) is 3.51. The van der Waals surface area contributed by atoms with Gasteiger partial charge in [-0.05, 0) is 25.6 Å². The monoisotopic (exact) mass is 219 g/mol. The van der Waals surface area contributed by atoms with Gasteiger partial charge in [0.15, 0.2) is 0 Å². The van der Waals surface area contributed by atoms with Crippen LogP contribution in [0.25, 0.3) is 0 Å². The lowest BCUT2D eigenvalue weighted by atomic mass is 10.2. The molecule has 1 aliphatic heterocycles. The van der Waals surface area contributed by atoms with Gasteiger partial charge in [-0.25, -0.2) is 0 Å². The zero-order chi connectivity index (χ0) is 10.2. The summed E-state index contributed by atoms with van der Waals surface area (Å²) in [4.78, 5) is 0. The molecule has 1 rings (SSSR count). The van der Waals surface area contributed by atoms with Crippen molar-refractivity contribution >= 4 is 11.8 Å². The fraction of sp³-hybridized carbons (Fsp3) is 1.00. The average molecular weight is 219 g/mol. The molecule has 1 aliphatic rings. The van der Waals surface area contributed by atoms with Crippen molar-refractivity contribution in [3.8, 4) is 0 Å². The number of nitrogens with one attached hydrogen (secondary N) is 1. The third-order valence-electron chi connectivity index (χ3n) is 2.47. The molecule has 14 heavy (non-hydrogen) atoms. The van der Waals surface area contributed by atoms with Crippen molar-refractivity contribution in [2.45, 2.75) is 31.1 Å². The van der Waals surface area contributed by atoms with Crippen LogP contribution in [0, 0.1) is 0 Å². The van der Waals surface area contributed by atoms with E-state index in [9.17, 15) is 0 Å². The fourth-order valence-corrected chi connectivity index (χ4v) is 1.70. The molecule has 1 heterocycles. The first kappa shape index (κ1) is 12.3. The van der Waals surface area contributed by atoms with Gasteiger partial charge in [-0.2, -0.15) is 11.8 Å². The molecular formula is C10H21NO2S. The first-order chi connectivity index (χ1) is 6.83. The summed E-state index contributed by atoms with van der Waals surface area (Å²) in [6, 6.07) is 0. The highest BCUT2D eigenvalue weighted by atomic mass is 32.2. The second kappa shape index (κ2) is 7.51. The Labute approximate surface area is 90.9 Å². The molecule has 1 saturated heterocycles. The second-order valence-corrected chi connectivity index (χ2v) is 4.92. The van der Waals surface area contributed by atoms with E-state index in [2.05, 4.69) is 18.5 Å². The summed E-state index contributed by atoms with van der Waals surface area (Å²) >= 11 is 1.92. The van der Waals surface area contributed by atoms with Crippen molar-refractivity contribution < 1.29 is 9.47 Å². The maximum absolute atomic E-state index is 5.42. The molecular weight excluding hydrogens is 198 g/mol. The lowest BCUT2D eigenvalue weighted by Gasteiger charge is -2.23. The molecule has 0 aromatic heterocycles. The predicted molar refractivity (Wildman–Crippen MR) is 60.8 cm³/mol. The molecule has 0 radical (unpaired) electrons. The molecule has 0 bridgehead atoms. The van der Waals surface area contributed by atoms with E-state index in [1.54, 1.807) is 0 Å². The Bertz CT molecular complexity index is 140. The summed E-state index contributed by atoms with van der Waals surface area (Å²) in [5, 5.41) is 4.17. The Morgan fingerprint density at radius 3 is 3.07 bits per heavy atom. The first-order valence-corrected chi connectivity index (χ1v) is 6.54. The first-order valence-electron chi connectivity index (χ1n) is 5.25. The Morgan fingerprint density at radius 1 is 1.57 bits per heavy atom. The zero-order valence-electron chi connectivity index (χ0n) is 9.12. The van der Waals surface area contributed by atoms with E-state index in [0.717, 1.165) is 31.4 Å². The number of thioether (sulfide) groups is 1. The predicted octanol–water partition coefficient (Wildman–Crippen LogP) is 1.48. The van der Waals surface area contributed by atoms with E-state index in [1.807, 2.05) is 11.8 Å². The Hall–Kier alpha value is 0.230. The molecule has 4 heteroatoms. The molecule has 0 aliphatic carbocycles. The standard InChI is InChI=1S/C10H21NO2S/c1-9(14-2)3-5-11-7-10-4-6-12-8-13-10/h9-11H,3-8H2,1-2H3. The molecule has 0 saturated carbocycles. The van der Waals surface area contributed by atoms with Crippen LogP contribution in [-0.4, -0.2) is 44.1 Å². The highest BCUT2D eigenvalue weighted by Gasteiger charge is 2.13. The van der Waals surface area contributed by atoms with Gasteiger partial charge in [0.05, 0.1) is 12.7 Å². The van der Waals surface area contributed by atoms with Gasteiger partial charge in [-0.3, -0.25) is 0 Å². The van der Waals surface area contributed by atoms with Crippen LogP contribution in [0.1, 0.15) is 19.8 Å². The molecule has 1 N–H and O–H groups in total. The second-order valence-electron chi connectivity index (χ2n) is 3.64. The Balaban J connectivity index is 1.92. The van der Waals surface area contributed by atoms with E-state index in [4.69, 9.17) is 9.47 Å². The summed E-state index contributed by atoms with van der Waals surface area (Å²) in [5.74, 6) is 0. The van der Waals surface area contributed by atoms with Crippen molar-refractivity contribution in [2.75, 3.05) is 32.7 Å². The smallest absolute Gasteiger partial charge is 0.147 e. The van der Waals surface area contributed by atoms with E-state index in [1.165, 1.54) is 6.42 Å². The van der Waals surface area contributed by atoms with Crippen LogP contribution in [0.3, 0.4) is 0 Å². The normalized spacial score (nSPS) is 24.9. The minimum atomic E-state index is 0.355. The summed E-state index contributed by atoms with van der Waals surface area (Å²) < 4.78 is 10.5. The summed E-state index contributed by atoms with van der Waals surface area (Å²) in [5.41, 5.74) is 0. The van der Waals surface area contributed by atoms with Gasteiger partial charge in [0, 0.05) is 11.8 Å². The van der Waals surface area contributed by atoms with Gasteiger partial charge >= 0.3 is 0 Å². The molecule has 3 nitrogen and oxygen atoms in total. The number of hydrogen-bond acceptors (Lipinski definition) is 4. The Kier molecular flexibility index (Phi) is 6.60. The minimum Gasteiger partial charge on any atom is -0.355 e. The Morgan fingerprint density at radius 2 is 2.43 bits per heavy atom. The SMILES string of the molecule is CSC(C)CCNCC1CCOCO1. The molecule has 0 aromatic carbocycles. The van der Waals surface area contributed by atoms with Gasteiger partial charge in [0.25, 0.3) is 0 Å². The van der Waals surface area contributed by atoms with E-state index >= 15 is 0 Å². The molecule has 2 unspecified atom stereocenters. The molecule has 0 spiro atoms. The van der Waals surface area contributed by atoms with Gasteiger partial charge in [-0.15, -0.1) is 0 Å². The molecule has 1 fully saturated rings. The zero-order valence-corrected chi connectivity index (χ0v) is 9.94. The number of rotatable bonds is 6. The van der Waals surface area contributed by atoms with Gasteiger partial charge in [-0.1, -0.05) is 6.92 Å². The topological polar surface area (TPSA) is 30.5 Å². The average Bonchev–Trinajstić information content (AvgIpc) is 2.25. The van der Waals surface area contributed by atoms with Crippen LogP contribution in [0.4, 0.5) is 0 Å². The maximum Gasteiger partial charge on any atom is 0.147 e. The number of hydrogen-bond donors (Lipinski definition) is 1. The molecule has 0 aromatic rings. The quantitative estimate of drug-likeness (QED) is 0.686.